The van der Waals surface area contributed by atoms with Crippen molar-refractivity contribution in [3.8, 4) is 5.75 Å². The molecule has 0 aliphatic rings. The highest BCUT2D eigenvalue weighted by Gasteiger charge is 2.11. The molecule has 0 aliphatic heterocycles. The number of methoxy groups -OCH3 is 1. The van der Waals surface area contributed by atoms with Gasteiger partial charge in [-0.05, 0) is 17.7 Å². The van der Waals surface area contributed by atoms with Crippen LogP contribution >= 0.6 is 11.3 Å². The van der Waals surface area contributed by atoms with Gasteiger partial charge in [-0.3, -0.25) is 0 Å². The molecule has 0 saturated carbocycles. The van der Waals surface area contributed by atoms with Gasteiger partial charge in [0, 0.05) is 13.0 Å². The minimum Gasteiger partial charge on any atom is -0.497 e. The number of nitrogens with zero attached hydrogens (tertiary/aromatic N) is 4. The van der Waals surface area contributed by atoms with Crippen LogP contribution in [0.25, 0.3) is 4.96 Å². The first-order chi connectivity index (χ1) is 9.30. The van der Waals surface area contributed by atoms with Crippen LogP contribution < -0.4 is 10.5 Å². The molecule has 0 radical (unpaired) electrons. The summed E-state index contributed by atoms with van der Waals surface area (Å²) >= 11 is 1.47. The molecular formula is C12H13N5OS. The fourth-order valence-electron chi connectivity index (χ4n) is 1.82. The number of rotatable bonds is 4. The van der Waals surface area contributed by atoms with Crippen LogP contribution in [-0.2, 0) is 13.0 Å². The minimum absolute atomic E-state index is 0.427. The molecule has 0 bridgehead atoms. The molecular weight excluding hydrogens is 262 g/mol. The number of benzene rings is 1. The van der Waals surface area contributed by atoms with Crippen molar-refractivity contribution < 1.29 is 4.74 Å². The Hall–Kier alpha value is -1.99. The van der Waals surface area contributed by atoms with E-state index in [0.29, 0.717) is 13.0 Å². The van der Waals surface area contributed by atoms with E-state index in [1.54, 1.807) is 11.6 Å². The number of hydrogen-bond acceptors (Lipinski definition) is 6. The molecule has 0 amide bonds. The Bertz CT molecular complexity index is 688. The molecule has 1 aromatic carbocycles. The van der Waals surface area contributed by atoms with Gasteiger partial charge in [0.15, 0.2) is 5.82 Å². The first-order valence-electron chi connectivity index (χ1n) is 5.83. The van der Waals surface area contributed by atoms with E-state index < -0.39 is 0 Å². The first kappa shape index (κ1) is 12.1. The van der Waals surface area contributed by atoms with Gasteiger partial charge in [0.1, 0.15) is 10.8 Å². The summed E-state index contributed by atoms with van der Waals surface area (Å²) in [5.41, 5.74) is 6.72. The Morgan fingerprint density at radius 2 is 2.05 bits per heavy atom. The summed E-state index contributed by atoms with van der Waals surface area (Å²) in [6, 6.07) is 7.88. The number of ether oxygens (including phenoxy) is 1. The maximum atomic E-state index is 5.58. The number of hydrogen-bond donors (Lipinski definition) is 1. The molecule has 0 aliphatic carbocycles. The lowest BCUT2D eigenvalue weighted by Gasteiger charge is -2.01. The second kappa shape index (κ2) is 4.94. The number of fused-ring (bicyclic) bond motifs is 1. The molecule has 6 nitrogen and oxygen atoms in total. The average molecular weight is 275 g/mol. The molecule has 2 N–H and O–H groups in total. The van der Waals surface area contributed by atoms with E-state index in [0.717, 1.165) is 27.1 Å². The third-order valence-corrected chi connectivity index (χ3v) is 3.71. The molecule has 0 fully saturated rings. The van der Waals surface area contributed by atoms with Gasteiger partial charge in [-0.2, -0.15) is 9.61 Å². The van der Waals surface area contributed by atoms with Crippen LogP contribution in [0.15, 0.2) is 24.3 Å². The van der Waals surface area contributed by atoms with Crippen molar-refractivity contribution in [3.05, 3.63) is 40.7 Å². The van der Waals surface area contributed by atoms with Crippen LogP contribution in [-0.4, -0.2) is 26.9 Å². The fourth-order valence-corrected chi connectivity index (χ4v) is 2.55. The summed E-state index contributed by atoms with van der Waals surface area (Å²) in [5.74, 6) is 1.66. The topological polar surface area (TPSA) is 78.3 Å². The monoisotopic (exact) mass is 275 g/mol. The van der Waals surface area contributed by atoms with E-state index in [1.807, 2.05) is 24.3 Å². The second-order valence-corrected chi connectivity index (χ2v) is 5.08. The number of aromatic nitrogens is 4. The summed E-state index contributed by atoms with van der Waals surface area (Å²) in [5, 5.41) is 13.5. The Kier molecular flexibility index (Phi) is 3.14. The van der Waals surface area contributed by atoms with Gasteiger partial charge in [0.2, 0.25) is 4.96 Å². The molecule has 3 aromatic rings. The molecule has 0 spiro atoms. The van der Waals surface area contributed by atoms with Crippen LogP contribution in [0, 0.1) is 0 Å². The molecule has 3 rings (SSSR count). The molecule has 98 valence electrons. The molecule has 2 aromatic heterocycles. The van der Waals surface area contributed by atoms with Crippen LogP contribution in [0.3, 0.4) is 0 Å². The van der Waals surface area contributed by atoms with E-state index in [2.05, 4.69) is 15.3 Å². The molecule has 0 saturated heterocycles. The van der Waals surface area contributed by atoms with Crippen molar-refractivity contribution in [3.63, 3.8) is 0 Å². The zero-order valence-electron chi connectivity index (χ0n) is 10.4. The van der Waals surface area contributed by atoms with Gasteiger partial charge >= 0.3 is 0 Å². The highest BCUT2D eigenvalue weighted by Crippen LogP contribution is 2.17. The SMILES string of the molecule is COc1ccc(Cc2nnc3sc(CN)nn23)cc1. The average Bonchev–Trinajstić information content (AvgIpc) is 3.01. The van der Waals surface area contributed by atoms with Crippen molar-refractivity contribution in [2.75, 3.05) is 7.11 Å². The predicted molar refractivity (Wildman–Crippen MR) is 72.4 cm³/mol. The third-order valence-electron chi connectivity index (χ3n) is 2.79. The summed E-state index contributed by atoms with van der Waals surface area (Å²) in [7, 11) is 1.65. The third kappa shape index (κ3) is 2.29. The lowest BCUT2D eigenvalue weighted by atomic mass is 10.1. The Balaban J connectivity index is 1.89. The molecule has 7 heteroatoms. The van der Waals surface area contributed by atoms with Crippen molar-refractivity contribution in [1.82, 2.24) is 19.8 Å². The largest absolute Gasteiger partial charge is 0.497 e. The van der Waals surface area contributed by atoms with Gasteiger partial charge in [-0.25, -0.2) is 0 Å². The van der Waals surface area contributed by atoms with Gasteiger partial charge in [-0.1, -0.05) is 23.5 Å². The van der Waals surface area contributed by atoms with Crippen molar-refractivity contribution in [2.24, 2.45) is 5.73 Å². The summed E-state index contributed by atoms with van der Waals surface area (Å²) < 4.78 is 6.90. The van der Waals surface area contributed by atoms with Gasteiger partial charge in [0.25, 0.3) is 0 Å². The smallest absolute Gasteiger partial charge is 0.234 e. The van der Waals surface area contributed by atoms with Crippen LogP contribution in [0.1, 0.15) is 16.4 Å². The molecule has 0 unspecified atom stereocenters. The standard InChI is InChI=1S/C12H13N5OS/c1-18-9-4-2-8(3-5-9)6-10-14-15-12-17(10)16-11(7-13)19-12/h2-5H,6-7,13H2,1H3. The first-order valence-corrected chi connectivity index (χ1v) is 6.65. The molecule has 19 heavy (non-hydrogen) atoms. The fraction of sp³-hybridized carbons (Fsp3) is 0.250. The summed E-state index contributed by atoms with van der Waals surface area (Å²) in [4.78, 5) is 0.781. The van der Waals surface area contributed by atoms with Crippen molar-refractivity contribution in [1.29, 1.82) is 0 Å². The molecule has 0 atom stereocenters. The predicted octanol–water partition coefficient (Wildman–Crippen LogP) is 1.24. The maximum Gasteiger partial charge on any atom is 0.234 e. The maximum absolute atomic E-state index is 5.58. The van der Waals surface area contributed by atoms with E-state index in [9.17, 15) is 0 Å². The van der Waals surface area contributed by atoms with Crippen molar-refractivity contribution in [2.45, 2.75) is 13.0 Å². The number of nitrogens with two attached hydrogens (primary N) is 1. The highest BCUT2D eigenvalue weighted by atomic mass is 32.1. The van der Waals surface area contributed by atoms with Crippen LogP contribution in [0.5, 0.6) is 5.75 Å². The van der Waals surface area contributed by atoms with Gasteiger partial charge in [-0.15, -0.1) is 10.2 Å². The van der Waals surface area contributed by atoms with Gasteiger partial charge < -0.3 is 10.5 Å². The Morgan fingerprint density at radius 3 is 2.74 bits per heavy atom. The highest BCUT2D eigenvalue weighted by molar-refractivity contribution is 7.16. The van der Waals surface area contributed by atoms with E-state index in [-0.39, 0.29) is 0 Å². The van der Waals surface area contributed by atoms with Crippen LogP contribution in [0.2, 0.25) is 0 Å². The molecule has 2 heterocycles. The normalized spacial score (nSPS) is 11.1. The van der Waals surface area contributed by atoms with E-state index in [1.165, 1.54) is 11.3 Å². The lowest BCUT2D eigenvalue weighted by Crippen LogP contribution is -2.00. The quantitative estimate of drug-likeness (QED) is 0.775. The van der Waals surface area contributed by atoms with Gasteiger partial charge in [0.05, 0.1) is 7.11 Å². The van der Waals surface area contributed by atoms with Crippen molar-refractivity contribution >= 4 is 16.3 Å². The van der Waals surface area contributed by atoms with E-state index in [4.69, 9.17) is 10.5 Å². The zero-order chi connectivity index (χ0) is 13.2. The minimum atomic E-state index is 0.427. The lowest BCUT2D eigenvalue weighted by molar-refractivity contribution is 0.414. The second-order valence-electron chi connectivity index (χ2n) is 4.04. The zero-order valence-corrected chi connectivity index (χ0v) is 11.2. The Labute approximate surface area is 113 Å². The van der Waals surface area contributed by atoms with Crippen LogP contribution in [0.4, 0.5) is 0 Å². The summed E-state index contributed by atoms with van der Waals surface area (Å²) in [6.45, 7) is 0.427. The van der Waals surface area contributed by atoms with E-state index >= 15 is 0 Å². The Morgan fingerprint density at radius 1 is 1.26 bits per heavy atom. The summed E-state index contributed by atoms with van der Waals surface area (Å²) in [6.07, 6.45) is 0.679.